The minimum atomic E-state index is -0.250. The minimum Gasteiger partial charge on any atom is -0.338 e. The molecule has 2 N–H and O–H groups in total. The molecule has 0 aromatic heterocycles. The molecule has 1 aliphatic rings. The molecule has 1 fully saturated rings. The number of carbonyl (C=O) groups is 1. The molecule has 0 aromatic carbocycles. The van der Waals surface area contributed by atoms with Gasteiger partial charge >= 0.3 is 0 Å². The standard InChI is InChI=1S/C14H29N3O/c1-5-12-11-16(4)9-6-10-17(12)13(18)7-8-14(2,3)15/h12H,5-11,15H2,1-4H3. The molecule has 1 heterocycles. The molecule has 106 valence electrons. The van der Waals surface area contributed by atoms with E-state index in [0.29, 0.717) is 12.5 Å². The molecule has 1 amide bonds. The van der Waals surface area contributed by atoms with Crippen LogP contribution in [0, 0.1) is 0 Å². The number of rotatable bonds is 4. The number of carbonyl (C=O) groups excluding carboxylic acids is 1. The first-order valence-corrected chi connectivity index (χ1v) is 7.10. The zero-order valence-electron chi connectivity index (χ0n) is 12.4. The number of hydrogen-bond donors (Lipinski definition) is 1. The molecule has 1 saturated heterocycles. The molecule has 0 aliphatic carbocycles. The zero-order valence-corrected chi connectivity index (χ0v) is 12.4. The number of likely N-dealkylation sites (N-methyl/N-ethyl adjacent to an activating group) is 1. The number of nitrogens with zero attached hydrogens (tertiary/aromatic N) is 2. The summed E-state index contributed by atoms with van der Waals surface area (Å²) in [4.78, 5) is 16.7. The molecular weight excluding hydrogens is 226 g/mol. The van der Waals surface area contributed by atoms with Gasteiger partial charge in [0.25, 0.3) is 0 Å². The van der Waals surface area contributed by atoms with Crippen molar-refractivity contribution >= 4 is 5.91 Å². The summed E-state index contributed by atoms with van der Waals surface area (Å²) in [5.41, 5.74) is 5.70. The van der Waals surface area contributed by atoms with E-state index in [1.165, 1.54) is 0 Å². The zero-order chi connectivity index (χ0) is 13.8. The molecule has 1 unspecified atom stereocenters. The van der Waals surface area contributed by atoms with Gasteiger partial charge in [-0.25, -0.2) is 0 Å². The highest BCUT2D eigenvalue weighted by Crippen LogP contribution is 2.16. The molecule has 4 nitrogen and oxygen atoms in total. The van der Waals surface area contributed by atoms with Crippen molar-refractivity contribution in [3.05, 3.63) is 0 Å². The first-order valence-electron chi connectivity index (χ1n) is 7.10. The quantitative estimate of drug-likeness (QED) is 0.827. The van der Waals surface area contributed by atoms with Crippen molar-refractivity contribution in [1.82, 2.24) is 9.80 Å². The number of nitrogens with two attached hydrogens (primary N) is 1. The summed E-state index contributed by atoms with van der Waals surface area (Å²) in [5.74, 6) is 0.274. The first kappa shape index (κ1) is 15.4. The SMILES string of the molecule is CCC1CN(C)CCCN1C(=O)CCC(C)(C)N. The number of hydrogen-bond acceptors (Lipinski definition) is 3. The van der Waals surface area contributed by atoms with Crippen LogP contribution in [0.15, 0.2) is 0 Å². The van der Waals surface area contributed by atoms with Gasteiger partial charge in [0.15, 0.2) is 0 Å². The van der Waals surface area contributed by atoms with Crippen molar-refractivity contribution in [1.29, 1.82) is 0 Å². The van der Waals surface area contributed by atoms with E-state index in [0.717, 1.165) is 38.9 Å². The van der Waals surface area contributed by atoms with Gasteiger partial charge in [-0.1, -0.05) is 6.92 Å². The van der Waals surface area contributed by atoms with E-state index in [2.05, 4.69) is 23.8 Å². The highest BCUT2D eigenvalue weighted by atomic mass is 16.2. The molecule has 1 aliphatic heterocycles. The molecule has 0 saturated carbocycles. The Morgan fingerprint density at radius 2 is 2.06 bits per heavy atom. The van der Waals surface area contributed by atoms with Gasteiger partial charge in [-0.2, -0.15) is 0 Å². The van der Waals surface area contributed by atoms with Crippen LogP contribution in [0.4, 0.5) is 0 Å². The summed E-state index contributed by atoms with van der Waals surface area (Å²) in [5, 5.41) is 0. The van der Waals surface area contributed by atoms with Gasteiger partial charge in [0.05, 0.1) is 0 Å². The van der Waals surface area contributed by atoms with Crippen molar-refractivity contribution in [3.63, 3.8) is 0 Å². The Morgan fingerprint density at radius 3 is 2.61 bits per heavy atom. The Kier molecular flexibility index (Phi) is 5.60. The maximum absolute atomic E-state index is 12.3. The number of amides is 1. The van der Waals surface area contributed by atoms with Gasteiger partial charge in [0, 0.05) is 31.1 Å². The Morgan fingerprint density at radius 1 is 1.39 bits per heavy atom. The highest BCUT2D eigenvalue weighted by Gasteiger charge is 2.26. The smallest absolute Gasteiger partial charge is 0.222 e. The first-order chi connectivity index (χ1) is 8.33. The summed E-state index contributed by atoms with van der Waals surface area (Å²) >= 11 is 0. The summed E-state index contributed by atoms with van der Waals surface area (Å²) in [7, 11) is 2.14. The highest BCUT2D eigenvalue weighted by molar-refractivity contribution is 5.76. The van der Waals surface area contributed by atoms with Crippen LogP contribution in [0.25, 0.3) is 0 Å². The Bertz CT molecular complexity index is 273. The summed E-state index contributed by atoms with van der Waals surface area (Å²) in [6.07, 6.45) is 3.44. The third kappa shape index (κ3) is 4.94. The van der Waals surface area contributed by atoms with Crippen LogP contribution < -0.4 is 5.73 Å². The van der Waals surface area contributed by atoms with E-state index in [-0.39, 0.29) is 11.4 Å². The average Bonchev–Trinajstić information content (AvgIpc) is 2.46. The van der Waals surface area contributed by atoms with Crippen LogP contribution in [0.5, 0.6) is 0 Å². The predicted molar refractivity (Wildman–Crippen MR) is 75.4 cm³/mol. The van der Waals surface area contributed by atoms with Gasteiger partial charge in [-0.05, 0) is 46.7 Å². The van der Waals surface area contributed by atoms with Crippen LogP contribution >= 0.6 is 0 Å². The van der Waals surface area contributed by atoms with Crippen LogP contribution in [0.2, 0.25) is 0 Å². The molecule has 1 rings (SSSR count). The second-order valence-corrected chi connectivity index (χ2v) is 6.25. The van der Waals surface area contributed by atoms with Gasteiger partial charge in [-0.3, -0.25) is 4.79 Å². The van der Waals surface area contributed by atoms with Crippen molar-refractivity contribution < 1.29 is 4.79 Å². The van der Waals surface area contributed by atoms with Crippen molar-refractivity contribution in [2.75, 3.05) is 26.7 Å². The van der Waals surface area contributed by atoms with E-state index >= 15 is 0 Å². The maximum atomic E-state index is 12.3. The summed E-state index contributed by atoms with van der Waals surface area (Å²) in [6, 6.07) is 0.367. The lowest BCUT2D eigenvalue weighted by atomic mass is 9.99. The van der Waals surface area contributed by atoms with Crippen LogP contribution in [-0.4, -0.2) is 54.0 Å². The molecule has 0 aromatic rings. The third-order valence-corrected chi connectivity index (χ3v) is 3.68. The van der Waals surface area contributed by atoms with Crippen LogP contribution in [0.1, 0.15) is 46.5 Å². The molecule has 18 heavy (non-hydrogen) atoms. The van der Waals surface area contributed by atoms with E-state index in [1.54, 1.807) is 0 Å². The van der Waals surface area contributed by atoms with Gasteiger partial charge in [-0.15, -0.1) is 0 Å². The van der Waals surface area contributed by atoms with E-state index in [1.807, 2.05) is 13.8 Å². The fourth-order valence-electron chi connectivity index (χ4n) is 2.49. The van der Waals surface area contributed by atoms with Gasteiger partial charge in [0.1, 0.15) is 0 Å². The van der Waals surface area contributed by atoms with Crippen LogP contribution in [0.3, 0.4) is 0 Å². The lowest BCUT2D eigenvalue weighted by Gasteiger charge is -2.31. The Hall–Kier alpha value is -0.610. The minimum absolute atomic E-state index is 0.250. The fourth-order valence-corrected chi connectivity index (χ4v) is 2.49. The van der Waals surface area contributed by atoms with Crippen molar-refractivity contribution in [2.24, 2.45) is 5.73 Å². The van der Waals surface area contributed by atoms with Crippen molar-refractivity contribution in [3.8, 4) is 0 Å². The second kappa shape index (κ2) is 6.53. The predicted octanol–water partition coefficient (Wildman–Crippen LogP) is 1.45. The van der Waals surface area contributed by atoms with E-state index < -0.39 is 0 Å². The maximum Gasteiger partial charge on any atom is 0.222 e. The lowest BCUT2D eigenvalue weighted by molar-refractivity contribution is -0.133. The largest absolute Gasteiger partial charge is 0.338 e. The molecule has 0 radical (unpaired) electrons. The Labute approximate surface area is 111 Å². The van der Waals surface area contributed by atoms with Crippen LogP contribution in [-0.2, 0) is 4.79 Å². The second-order valence-electron chi connectivity index (χ2n) is 6.25. The Balaban J connectivity index is 2.58. The van der Waals surface area contributed by atoms with Gasteiger partial charge in [0.2, 0.25) is 5.91 Å². The average molecular weight is 255 g/mol. The molecule has 4 heteroatoms. The fraction of sp³-hybridized carbons (Fsp3) is 0.929. The lowest BCUT2D eigenvalue weighted by Crippen LogP contribution is -2.44. The topological polar surface area (TPSA) is 49.6 Å². The molecular formula is C14H29N3O. The summed E-state index contributed by atoms with van der Waals surface area (Å²) in [6.45, 7) is 9.10. The molecule has 0 spiro atoms. The third-order valence-electron chi connectivity index (χ3n) is 3.68. The molecule has 0 bridgehead atoms. The van der Waals surface area contributed by atoms with Crippen molar-refractivity contribution in [2.45, 2.75) is 58.0 Å². The van der Waals surface area contributed by atoms with E-state index in [4.69, 9.17) is 5.73 Å². The monoisotopic (exact) mass is 255 g/mol. The molecule has 1 atom stereocenters. The summed E-state index contributed by atoms with van der Waals surface area (Å²) < 4.78 is 0. The van der Waals surface area contributed by atoms with E-state index in [9.17, 15) is 4.79 Å². The van der Waals surface area contributed by atoms with Gasteiger partial charge < -0.3 is 15.5 Å². The normalized spacial score (nSPS) is 22.9.